The van der Waals surface area contributed by atoms with Crippen molar-refractivity contribution in [2.75, 3.05) is 0 Å². The van der Waals surface area contributed by atoms with E-state index in [0.29, 0.717) is 11.6 Å². The van der Waals surface area contributed by atoms with Crippen LogP contribution in [-0.2, 0) is 0 Å². The lowest BCUT2D eigenvalue weighted by molar-refractivity contribution is 1.06. The molecule has 0 amide bonds. The number of rotatable bonds is 5. The second-order valence-corrected chi connectivity index (χ2v) is 12.4. The fourth-order valence-electron chi connectivity index (χ4n) is 6.99. The van der Waals surface area contributed by atoms with Gasteiger partial charge >= 0.3 is 0 Å². The minimum Gasteiger partial charge on any atom is -0.233 e. The topological polar surface area (TPSA) is 51.6 Å². The Labute approximate surface area is 278 Å². The van der Waals surface area contributed by atoms with Crippen molar-refractivity contribution in [3.05, 3.63) is 157 Å². The van der Waals surface area contributed by atoms with Crippen LogP contribution in [0.2, 0.25) is 0 Å². The van der Waals surface area contributed by atoms with E-state index in [1.54, 1.807) is 0 Å². The number of nitrogens with zero attached hydrogens (tertiary/aromatic N) is 4. The zero-order chi connectivity index (χ0) is 32.2. The maximum atomic E-state index is 5.19. The Morgan fingerprint density at radius 3 is 1.50 bits per heavy atom. The Kier molecular flexibility index (Phi) is 6.54. The molecule has 4 nitrogen and oxygen atoms in total. The van der Waals surface area contributed by atoms with Crippen molar-refractivity contribution in [1.29, 1.82) is 0 Å². The predicted molar refractivity (Wildman–Crippen MR) is 198 cm³/mol. The summed E-state index contributed by atoms with van der Waals surface area (Å²) in [5.41, 5.74) is 9.74. The summed E-state index contributed by atoms with van der Waals surface area (Å²) >= 11 is 0. The smallest absolute Gasteiger partial charge is 0.160 e. The normalized spacial score (nSPS) is 11.5. The number of aromatic nitrogens is 4. The molecule has 0 radical (unpaired) electrons. The van der Waals surface area contributed by atoms with Gasteiger partial charge in [0.1, 0.15) is 0 Å². The first kappa shape index (κ1) is 28.0. The van der Waals surface area contributed by atoms with Gasteiger partial charge in [0, 0.05) is 33.6 Å². The molecule has 0 N–H and O–H groups in total. The first-order chi connectivity index (χ1) is 23.6. The maximum Gasteiger partial charge on any atom is 0.160 e. The van der Waals surface area contributed by atoms with Gasteiger partial charge in [-0.15, -0.1) is 0 Å². The van der Waals surface area contributed by atoms with Gasteiger partial charge in [-0.3, -0.25) is 0 Å². The van der Waals surface area contributed by atoms with Crippen LogP contribution in [0.1, 0.15) is 11.4 Å². The summed E-state index contributed by atoms with van der Waals surface area (Å²) in [7, 11) is 0. The summed E-state index contributed by atoms with van der Waals surface area (Å²) in [6, 6.07) is 51.2. The molecule has 0 unspecified atom stereocenters. The molecule has 9 aromatic rings. The average molecular weight is 615 g/mol. The lowest BCUT2D eigenvalue weighted by Crippen LogP contribution is -1.99. The van der Waals surface area contributed by atoms with Crippen LogP contribution in [0.15, 0.2) is 146 Å². The van der Waals surface area contributed by atoms with Crippen molar-refractivity contribution in [3.63, 3.8) is 0 Å². The molecule has 0 aliphatic heterocycles. The van der Waals surface area contributed by atoms with Crippen LogP contribution < -0.4 is 0 Å². The molecule has 4 heteroatoms. The van der Waals surface area contributed by atoms with Gasteiger partial charge in [0.25, 0.3) is 0 Å². The van der Waals surface area contributed by atoms with Crippen molar-refractivity contribution < 1.29 is 0 Å². The molecular weight excluding hydrogens is 585 g/mol. The molecule has 9 rings (SSSR count). The number of hydrogen-bond acceptors (Lipinski definition) is 4. The molecule has 2 aromatic heterocycles. The third kappa shape index (κ3) is 4.86. The highest BCUT2D eigenvalue weighted by molar-refractivity contribution is 6.26. The number of aryl methyl sites for hydroxylation is 2. The molecule has 0 saturated heterocycles. The van der Waals surface area contributed by atoms with Gasteiger partial charge in [-0.25, -0.2) is 19.9 Å². The molecule has 0 aliphatic carbocycles. The third-order valence-electron chi connectivity index (χ3n) is 9.12. The molecule has 2 heterocycles. The first-order valence-corrected chi connectivity index (χ1v) is 16.2. The molecular formula is C44H30N4. The van der Waals surface area contributed by atoms with Crippen molar-refractivity contribution >= 4 is 32.3 Å². The van der Waals surface area contributed by atoms with E-state index in [2.05, 4.69) is 103 Å². The van der Waals surface area contributed by atoms with E-state index in [-0.39, 0.29) is 0 Å². The van der Waals surface area contributed by atoms with Gasteiger partial charge in [-0.2, -0.15) is 0 Å². The van der Waals surface area contributed by atoms with Crippen molar-refractivity contribution in [2.45, 2.75) is 13.8 Å². The van der Waals surface area contributed by atoms with Crippen LogP contribution in [0.4, 0.5) is 0 Å². The molecule has 0 bridgehead atoms. The fraction of sp³-hybridized carbons (Fsp3) is 0.0455. The predicted octanol–water partition coefficient (Wildman–Crippen LogP) is 11.1. The molecule has 7 aromatic carbocycles. The Balaban J connectivity index is 1.34. The van der Waals surface area contributed by atoms with Crippen LogP contribution in [0, 0.1) is 13.8 Å². The van der Waals surface area contributed by atoms with Gasteiger partial charge in [0.2, 0.25) is 0 Å². The van der Waals surface area contributed by atoms with E-state index < -0.39 is 0 Å². The maximum absolute atomic E-state index is 5.19. The van der Waals surface area contributed by atoms with E-state index in [1.165, 1.54) is 32.3 Å². The molecule has 0 atom stereocenters. The van der Waals surface area contributed by atoms with E-state index in [4.69, 9.17) is 19.9 Å². The van der Waals surface area contributed by atoms with E-state index >= 15 is 0 Å². The third-order valence-corrected chi connectivity index (χ3v) is 9.12. The summed E-state index contributed by atoms with van der Waals surface area (Å²) in [6.45, 7) is 4.03. The first-order valence-electron chi connectivity index (χ1n) is 16.2. The fourth-order valence-corrected chi connectivity index (χ4v) is 6.99. The monoisotopic (exact) mass is 614 g/mol. The van der Waals surface area contributed by atoms with Crippen molar-refractivity contribution in [3.8, 4) is 56.4 Å². The zero-order valence-corrected chi connectivity index (χ0v) is 26.6. The van der Waals surface area contributed by atoms with Crippen LogP contribution in [0.25, 0.3) is 88.7 Å². The second-order valence-electron chi connectivity index (χ2n) is 12.4. The van der Waals surface area contributed by atoms with Gasteiger partial charge in [0.05, 0.1) is 11.4 Å². The zero-order valence-electron chi connectivity index (χ0n) is 26.6. The van der Waals surface area contributed by atoms with E-state index in [1.807, 2.05) is 56.3 Å². The van der Waals surface area contributed by atoms with Crippen LogP contribution in [-0.4, -0.2) is 19.9 Å². The highest BCUT2D eigenvalue weighted by Gasteiger charge is 2.18. The minimum atomic E-state index is 0.653. The summed E-state index contributed by atoms with van der Waals surface area (Å²) in [6.07, 6.45) is 0. The SMILES string of the molecule is Cc1cc(C)nc(-c2cc(-c3nc(-c4ccccc4)cc(-c4ccccc4)n3)cc(-c3cc4cccc5ccc6cccc3c6c54)c2)n1. The highest BCUT2D eigenvalue weighted by atomic mass is 14.9. The average Bonchev–Trinajstić information content (AvgIpc) is 3.13. The van der Waals surface area contributed by atoms with E-state index in [9.17, 15) is 0 Å². The summed E-state index contributed by atoms with van der Waals surface area (Å²) in [5.74, 6) is 1.34. The quantitative estimate of drug-likeness (QED) is 0.181. The summed E-state index contributed by atoms with van der Waals surface area (Å²) < 4.78 is 0. The summed E-state index contributed by atoms with van der Waals surface area (Å²) in [4.78, 5) is 20.2. The van der Waals surface area contributed by atoms with Crippen molar-refractivity contribution in [2.24, 2.45) is 0 Å². The Morgan fingerprint density at radius 2 is 0.875 bits per heavy atom. The molecule has 0 fully saturated rings. The Morgan fingerprint density at radius 1 is 0.354 bits per heavy atom. The van der Waals surface area contributed by atoms with Gasteiger partial charge < -0.3 is 0 Å². The van der Waals surface area contributed by atoms with Gasteiger partial charge in [-0.05, 0) is 93.7 Å². The molecule has 226 valence electrons. The molecule has 48 heavy (non-hydrogen) atoms. The Hall–Kier alpha value is -6.26. The van der Waals surface area contributed by atoms with Crippen LogP contribution in [0.3, 0.4) is 0 Å². The standard InChI is InChI=1S/C44H30N4/c1-27-21-28(2)46-43(45-27)35-22-34(38-25-33-17-9-15-31-19-20-32-16-10-18-37(38)42(32)41(31)33)23-36(24-35)44-47-39(29-11-5-3-6-12-29)26-40(48-44)30-13-7-4-8-14-30/h3-26H,1-2H3. The molecule has 0 saturated carbocycles. The minimum absolute atomic E-state index is 0.653. The van der Waals surface area contributed by atoms with Gasteiger partial charge in [0.15, 0.2) is 11.6 Å². The Bertz CT molecular complexity index is 2550. The molecule has 0 aliphatic rings. The lowest BCUT2D eigenvalue weighted by atomic mass is 9.88. The largest absolute Gasteiger partial charge is 0.233 e. The number of hydrogen-bond donors (Lipinski definition) is 0. The van der Waals surface area contributed by atoms with Crippen LogP contribution >= 0.6 is 0 Å². The van der Waals surface area contributed by atoms with Crippen LogP contribution in [0.5, 0.6) is 0 Å². The van der Waals surface area contributed by atoms with E-state index in [0.717, 1.165) is 56.2 Å². The second kappa shape index (κ2) is 11.2. The highest BCUT2D eigenvalue weighted by Crippen LogP contribution is 2.42. The summed E-state index contributed by atoms with van der Waals surface area (Å²) in [5, 5.41) is 7.50. The van der Waals surface area contributed by atoms with Crippen molar-refractivity contribution in [1.82, 2.24) is 19.9 Å². The van der Waals surface area contributed by atoms with Gasteiger partial charge in [-0.1, -0.05) is 109 Å². The lowest BCUT2D eigenvalue weighted by Gasteiger charge is -2.17. The number of benzene rings is 7. The molecule has 0 spiro atoms.